The number of nitro groups is 2. The molecule has 1 saturated heterocycles. The molecule has 0 N–H and O–H groups in total. The van der Waals surface area contributed by atoms with Crippen molar-refractivity contribution in [3.05, 3.63) is 91.5 Å². The van der Waals surface area contributed by atoms with E-state index in [2.05, 4.69) is 0 Å². The zero-order chi connectivity index (χ0) is 24.6. The molecular formula is C23H20N4O7. The van der Waals surface area contributed by atoms with Crippen LogP contribution in [0.15, 0.2) is 60.2 Å². The number of nitro benzene ring substituents is 2. The Morgan fingerprint density at radius 2 is 1.65 bits per heavy atom. The summed E-state index contributed by atoms with van der Waals surface area (Å²) < 4.78 is 0. The summed E-state index contributed by atoms with van der Waals surface area (Å²) in [5, 5.41) is 24.2. The molecule has 0 aromatic heterocycles. The monoisotopic (exact) mass is 464 g/mol. The number of hydrogen-bond acceptors (Lipinski definition) is 7. The second kappa shape index (κ2) is 8.85. The van der Waals surface area contributed by atoms with Crippen LogP contribution in [0.25, 0.3) is 0 Å². The van der Waals surface area contributed by atoms with Gasteiger partial charge in [0, 0.05) is 18.2 Å². The van der Waals surface area contributed by atoms with Gasteiger partial charge in [0.2, 0.25) is 0 Å². The largest absolute Gasteiger partial charge is 0.282 e. The van der Waals surface area contributed by atoms with E-state index >= 15 is 0 Å². The van der Waals surface area contributed by atoms with E-state index in [1.54, 1.807) is 0 Å². The second-order valence-electron chi connectivity index (χ2n) is 8.25. The molecule has 4 rings (SSSR count). The van der Waals surface area contributed by atoms with Crippen LogP contribution in [0.3, 0.4) is 0 Å². The first kappa shape index (κ1) is 22.8. The molecule has 0 unspecified atom stereocenters. The van der Waals surface area contributed by atoms with Gasteiger partial charge in [-0.1, -0.05) is 35.9 Å². The lowest BCUT2D eigenvalue weighted by molar-refractivity contribution is -0.385. The molecule has 1 fully saturated rings. The van der Waals surface area contributed by atoms with E-state index in [0.717, 1.165) is 21.7 Å². The Kier molecular flexibility index (Phi) is 5.93. The predicted octanol–water partition coefficient (Wildman–Crippen LogP) is 3.40. The number of carbonyl (C=O) groups excluding carboxylic acids is 3. The van der Waals surface area contributed by atoms with Gasteiger partial charge in [0.15, 0.2) is 0 Å². The van der Waals surface area contributed by atoms with Crippen LogP contribution in [0.1, 0.15) is 35.7 Å². The molecule has 0 radical (unpaired) electrons. The lowest BCUT2D eigenvalue weighted by atomic mass is 9.82. The molecule has 3 amide bonds. The van der Waals surface area contributed by atoms with Gasteiger partial charge in [-0.25, -0.2) is 5.01 Å². The first-order valence-corrected chi connectivity index (χ1v) is 10.5. The van der Waals surface area contributed by atoms with Gasteiger partial charge >= 0.3 is 0 Å². The molecule has 0 bridgehead atoms. The molecule has 1 aliphatic heterocycles. The average Bonchev–Trinajstić information content (AvgIpc) is 3.06. The first-order valence-electron chi connectivity index (χ1n) is 10.5. The maximum Gasteiger partial charge on any atom is 0.282 e. The van der Waals surface area contributed by atoms with E-state index in [4.69, 9.17) is 0 Å². The van der Waals surface area contributed by atoms with Crippen molar-refractivity contribution in [3.63, 3.8) is 0 Å². The Hall–Kier alpha value is -4.41. The van der Waals surface area contributed by atoms with Crippen LogP contribution in [-0.4, -0.2) is 37.6 Å². The second-order valence-corrected chi connectivity index (χ2v) is 8.25. The van der Waals surface area contributed by atoms with Gasteiger partial charge in [-0.3, -0.25) is 34.6 Å². The molecule has 11 heteroatoms. The molecule has 11 nitrogen and oxygen atoms in total. The van der Waals surface area contributed by atoms with Crippen molar-refractivity contribution in [1.29, 1.82) is 0 Å². The summed E-state index contributed by atoms with van der Waals surface area (Å²) in [7, 11) is 0. The number of non-ortho nitro benzene ring substituents is 1. The van der Waals surface area contributed by atoms with Gasteiger partial charge < -0.3 is 0 Å². The van der Waals surface area contributed by atoms with E-state index in [1.165, 1.54) is 42.5 Å². The third kappa shape index (κ3) is 4.03. The summed E-state index contributed by atoms with van der Waals surface area (Å²) in [6, 6.07) is 10.6. The number of hydrogen-bond donors (Lipinski definition) is 0. The van der Waals surface area contributed by atoms with Crippen molar-refractivity contribution in [2.24, 2.45) is 11.8 Å². The van der Waals surface area contributed by atoms with E-state index in [-0.39, 0.29) is 17.8 Å². The van der Waals surface area contributed by atoms with E-state index in [1.807, 2.05) is 13.0 Å². The molecule has 0 saturated carbocycles. The molecule has 2 atom stereocenters. The van der Waals surface area contributed by atoms with Crippen molar-refractivity contribution >= 4 is 29.1 Å². The van der Waals surface area contributed by atoms with Gasteiger partial charge in [-0.05, 0) is 31.4 Å². The highest BCUT2D eigenvalue weighted by Gasteiger charge is 2.51. The Bertz CT molecular complexity index is 1240. The lowest BCUT2D eigenvalue weighted by Crippen LogP contribution is -2.50. The number of para-hydroxylation sites is 1. The molecule has 2 aromatic carbocycles. The van der Waals surface area contributed by atoms with E-state index in [0.29, 0.717) is 18.4 Å². The van der Waals surface area contributed by atoms with Gasteiger partial charge in [0.25, 0.3) is 29.1 Å². The quantitative estimate of drug-likeness (QED) is 0.276. The standard InChI is InChI=1S/C23H20N4O7/c1-14-6-11-17-19(12-14)23(30)25(22(17)29)24(13-15-7-9-16(10-8-15)26(31)32)21(28)18-4-2-3-5-20(18)27(33)34/h2-10,17,19H,11-13H2,1H3/t17-,19+/m0/s1. The highest BCUT2D eigenvalue weighted by molar-refractivity contribution is 6.08. The van der Waals surface area contributed by atoms with Crippen molar-refractivity contribution < 1.29 is 24.2 Å². The first-order chi connectivity index (χ1) is 16.2. The number of amides is 3. The van der Waals surface area contributed by atoms with Crippen molar-refractivity contribution in [2.75, 3.05) is 0 Å². The minimum atomic E-state index is -0.893. The topological polar surface area (TPSA) is 144 Å². The number of imide groups is 1. The molecule has 174 valence electrons. The summed E-state index contributed by atoms with van der Waals surface area (Å²) in [4.78, 5) is 61.3. The lowest BCUT2D eigenvalue weighted by Gasteiger charge is -2.30. The van der Waals surface area contributed by atoms with Crippen molar-refractivity contribution in [2.45, 2.75) is 26.3 Å². The third-order valence-corrected chi connectivity index (χ3v) is 6.09. The fourth-order valence-electron chi connectivity index (χ4n) is 4.34. The smallest absolute Gasteiger partial charge is 0.272 e. The Morgan fingerprint density at radius 1 is 1.00 bits per heavy atom. The van der Waals surface area contributed by atoms with E-state index < -0.39 is 45.1 Å². The van der Waals surface area contributed by atoms with Crippen LogP contribution in [0.5, 0.6) is 0 Å². The molecular weight excluding hydrogens is 444 g/mol. The molecule has 1 heterocycles. The van der Waals surface area contributed by atoms with Crippen LogP contribution < -0.4 is 0 Å². The number of fused-ring (bicyclic) bond motifs is 1. The third-order valence-electron chi connectivity index (χ3n) is 6.09. The summed E-state index contributed by atoms with van der Waals surface area (Å²) >= 11 is 0. The number of rotatable bonds is 6. The molecule has 34 heavy (non-hydrogen) atoms. The highest BCUT2D eigenvalue weighted by atomic mass is 16.6. The van der Waals surface area contributed by atoms with E-state index in [9.17, 15) is 34.6 Å². The summed E-state index contributed by atoms with van der Waals surface area (Å²) in [5.74, 6) is -3.22. The maximum absolute atomic E-state index is 13.6. The minimum Gasteiger partial charge on any atom is -0.272 e. The predicted molar refractivity (Wildman–Crippen MR) is 118 cm³/mol. The summed E-state index contributed by atoms with van der Waals surface area (Å²) in [6.45, 7) is 1.58. The van der Waals surface area contributed by atoms with Crippen LogP contribution in [-0.2, 0) is 16.1 Å². The SMILES string of the molecule is CC1=CC[C@@H]2C(=O)N(N(Cc3ccc([N+](=O)[O-])cc3)C(=O)c3ccccc3[N+](=O)[O-])C(=O)[C@@H]2C1. The fraction of sp³-hybridized carbons (Fsp3) is 0.261. The highest BCUT2D eigenvalue weighted by Crippen LogP contribution is 2.39. The normalized spacial score (nSPS) is 19.4. The molecule has 1 aliphatic carbocycles. The van der Waals surface area contributed by atoms with Crippen LogP contribution >= 0.6 is 0 Å². The molecule has 2 aliphatic rings. The Balaban J connectivity index is 1.75. The molecule has 0 spiro atoms. The van der Waals surface area contributed by atoms with Gasteiger partial charge in [0.1, 0.15) is 5.56 Å². The zero-order valence-electron chi connectivity index (χ0n) is 18.1. The van der Waals surface area contributed by atoms with Crippen LogP contribution in [0.2, 0.25) is 0 Å². The number of allylic oxidation sites excluding steroid dienone is 2. The van der Waals surface area contributed by atoms with Gasteiger partial charge in [-0.2, -0.15) is 5.01 Å². The Labute approximate surface area is 193 Å². The number of benzene rings is 2. The maximum atomic E-state index is 13.6. The van der Waals surface area contributed by atoms with Crippen LogP contribution in [0, 0.1) is 32.1 Å². The van der Waals surface area contributed by atoms with Gasteiger partial charge in [-0.15, -0.1) is 0 Å². The van der Waals surface area contributed by atoms with Crippen molar-refractivity contribution in [1.82, 2.24) is 10.0 Å². The average molecular weight is 464 g/mol. The number of nitrogens with zero attached hydrogens (tertiary/aromatic N) is 4. The fourth-order valence-corrected chi connectivity index (χ4v) is 4.34. The Morgan fingerprint density at radius 3 is 2.29 bits per heavy atom. The number of carbonyl (C=O) groups is 3. The number of hydrazine groups is 1. The summed E-state index contributed by atoms with van der Waals surface area (Å²) in [5.41, 5.74) is 0.467. The minimum absolute atomic E-state index is 0.166. The zero-order valence-corrected chi connectivity index (χ0v) is 18.1. The summed E-state index contributed by atoms with van der Waals surface area (Å²) in [6.07, 6.45) is 2.64. The van der Waals surface area contributed by atoms with Crippen LogP contribution in [0.4, 0.5) is 11.4 Å². The molecule has 2 aromatic rings. The van der Waals surface area contributed by atoms with Crippen molar-refractivity contribution in [3.8, 4) is 0 Å². The van der Waals surface area contributed by atoms with Gasteiger partial charge in [0.05, 0.1) is 28.2 Å².